The summed E-state index contributed by atoms with van der Waals surface area (Å²) in [6, 6.07) is 25.1. The van der Waals surface area contributed by atoms with Crippen LogP contribution in [0.25, 0.3) is 22.1 Å². The van der Waals surface area contributed by atoms with Gasteiger partial charge >= 0.3 is 0 Å². The Morgan fingerprint density at radius 1 is 0.620 bits per heavy atom. The molecule has 79 heavy (non-hydrogen) atoms. The zero-order valence-electron chi connectivity index (χ0n) is 46.1. The molecule has 3 aliphatic carbocycles. The molecule has 1 unspecified atom stereocenters. The lowest BCUT2D eigenvalue weighted by Crippen LogP contribution is -2.34. The van der Waals surface area contributed by atoms with Gasteiger partial charge in [0, 0.05) is 61.1 Å². The van der Waals surface area contributed by atoms with Gasteiger partial charge < -0.3 is 36.8 Å². The largest absolute Gasteiger partial charge is 0.399 e. The molecule has 4 aromatic carbocycles. The average molecular weight is 1090 g/mol. The summed E-state index contributed by atoms with van der Waals surface area (Å²) in [6.45, 7) is 13.2. The number of halogens is 1. The molecule has 2 saturated carbocycles. The third kappa shape index (κ3) is 12.5. The number of amides is 1. The van der Waals surface area contributed by atoms with Crippen molar-refractivity contribution in [3.63, 3.8) is 0 Å². The van der Waals surface area contributed by atoms with Gasteiger partial charge in [-0.15, -0.1) is 0 Å². The van der Waals surface area contributed by atoms with E-state index in [1.165, 1.54) is 22.3 Å². The van der Waals surface area contributed by atoms with Crippen LogP contribution in [0.3, 0.4) is 0 Å². The number of aliphatic hydroxyl groups is 2. The quantitative estimate of drug-likeness (QED) is 0.0584. The molecule has 1 amide bonds. The lowest BCUT2D eigenvalue weighted by Gasteiger charge is -2.28. The Balaban J connectivity index is 0.000000150. The number of carbonyl (C=O) groups excluding carboxylic acids is 2. The first kappa shape index (κ1) is 54.9. The van der Waals surface area contributed by atoms with E-state index < -0.39 is 0 Å². The van der Waals surface area contributed by atoms with Gasteiger partial charge in [-0.1, -0.05) is 48.5 Å². The van der Waals surface area contributed by atoms with Crippen LogP contribution in [0, 0.1) is 33.6 Å². The highest BCUT2D eigenvalue weighted by molar-refractivity contribution is 6.28. The van der Waals surface area contributed by atoms with Gasteiger partial charge in [0.05, 0.1) is 35.1 Å². The van der Waals surface area contributed by atoms with Crippen molar-refractivity contribution in [2.24, 2.45) is 5.92 Å². The van der Waals surface area contributed by atoms with Crippen molar-refractivity contribution < 1.29 is 19.8 Å². The van der Waals surface area contributed by atoms with Gasteiger partial charge in [-0.2, -0.15) is 20.2 Å². The van der Waals surface area contributed by atoms with Crippen molar-refractivity contribution >= 4 is 85.7 Å². The molecule has 0 saturated heterocycles. The number of carbonyl (C=O) groups is 2. The SMILES string of the molecule is CC(=O)C1CCc2ccc(Nc3ncc4c(Nc5c(C)cccc5C)nn(C5CCC(O)CC5)c4n3)cc2C1.CC(=O)N1CCc2ccc(N)cc2C1.Cc1cccc(C)c1Nc1nn(C2CCC(O)CC2)c2nc(Cl)ncc12. The summed E-state index contributed by atoms with van der Waals surface area (Å²) in [6.07, 6.45) is 13.3. The number of nitrogens with zero attached hydrogens (tertiary/aromatic N) is 9. The fourth-order valence-electron chi connectivity index (χ4n) is 11.6. The lowest BCUT2D eigenvalue weighted by atomic mass is 9.82. The minimum Gasteiger partial charge on any atom is -0.399 e. The van der Waals surface area contributed by atoms with Crippen molar-refractivity contribution in [3.8, 4) is 0 Å². The molecule has 7 N–H and O–H groups in total. The highest BCUT2D eigenvalue weighted by Crippen LogP contribution is 2.38. The van der Waals surface area contributed by atoms with Crippen molar-refractivity contribution in [2.45, 2.75) is 149 Å². The first-order valence-corrected chi connectivity index (χ1v) is 28.1. The molecule has 1 aliphatic heterocycles. The fraction of sp³-hybridized carbons (Fsp3) is 0.410. The van der Waals surface area contributed by atoms with Crippen molar-refractivity contribution in [2.75, 3.05) is 28.2 Å². The molecule has 1 atom stereocenters. The third-order valence-corrected chi connectivity index (χ3v) is 16.5. The molecule has 4 aromatic heterocycles. The number of aliphatic hydroxyl groups excluding tert-OH is 2. The third-order valence-electron chi connectivity index (χ3n) is 16.3. The first-order chi connectivity index (χ1) is 38.0. The second-order valence-electron chi connectivity index (χ2n) is 22.0. The average Bonchev–Trinajstić information content (AvgIpc) is 4.15. The Labute approximate surface area is 466 Å². The van der Waals surface area contributed by atoms with E-state index in [0.29, 0.717) is 12.5 Å². The van der Waals surface area contributed by atoms with Gasteiger partial charge in [-0.25, -0.2) is 19.3 Å². The highest BCUT2D eigenvalue weighted by Gasteiger charge is 2.28. The predicted octanol–water partition coefficient (Wildman–Crippen LogP) is 11.6. The molecular formula is C61H72ClN13O4. The Morgan fingerprint density at radius 2 is 1.15 bits per heavy atom. The lowest BCUT2D eigenvalue weighted by molar-refractivity contribution is -0.129. The van der Waals surface area contributed by atoms with E-state index >= 15 is 0 Å². The van der Waals surface area contributed by atoms with Gasteiger partial charge in [0.1, 0.15) is 5.78 Å². The second kappa shape index (κ2) is 23.9. The molecule has 0 bridgehead atoms. The zero-order valence-corrected chi connectivity index (χ0v) is 46.8. The fourth-order valence-corrected chi connectivity index (χ4v) is 11.7. The number of benzene rings is 4. The Morgan fingerprint density at radius 3 is 1.71 bits per heavy atom. The molecular weight excluding hydrogens is 1010 g/mol. The number of nitrogen functional groups attached to an aromatic ring is 1. The first-order valence-electron chi connectivity index (χ1n) is 27.8. The zero-order chi connectivity index (χ0) is 55.5. The predicted molar refractivity (Wildman–Crippen MR) is 313 cm³/mol. The molecule has 5 heterocycles. The van der Waals surface area contributed by atoms with Crippen LogP contribution in [-0.2, 0) is 35.4 Å². The summed E-state index contributed by atoms with van der Waals surface area (Å²) in [5.74, 6) is 2.49. The number of anilines is 7. The van der Waals surface area contributed by atoms with E-state index in [-0.39, 0.29) is 47.2 Å². The smallest absolute Gasteiger partial charge is 0.229 e. The monoisotopic (exact) mass is 1090 g/mol. The molecule has 412 valence electrons. The van der Waals surface area contributed by atoms with Crippen LogP contribution in [0.4, 0.5) is 40.3 Å². The van der Waals surface area contributed by atoms with E-state index in [1.807, 2.05) is 38.7 Å². The van der Waals surface area contributed by atoms with Crippen LogP contribution < -0.4 is 21.7 Å². The summed E-state index contributed by atoms with van der Waals surface area (Å²) in [4.78, 5) is 43.2. The summed E-state index contributed by atoms with van der Waals surface area (Å²) in [5, 5.41) is 42.1. The minimum atomic E-state index is -0.242. The number of ketones is 1. The van der Waals surface area contributed by atoms with E-state index in [2.05, 4.69) is 113 Å². The van der Waals surface area contributed by atoms with Crippen LogP contribution in [0.1, 0.15) is 128 Å². The number of rotatable bonds is 9. The van der Waals surface area contributed by atoms with Crippen molar-refractivity contribution in [1.29, 1.82) is 0 Å². The summed E-state index contributed by atoms with van der Waals surface area (Å²) in [5.41, 5.74) is 20.6. The maximum absolute atomic E-state index is 12.0. The van der Waals surface area contributed by atoms with Crippen LogP contribution in [-0.4, -0.2) is 85.1 Å². The number of Topliss-reactive ketones (excluding diaryl/α,β-unsaturated/α-hetero) is 1. The van der Waals surface area contributed by atoms with E-state index in [4.69, 9.17) is 32.5 Å². The molecule has 4 aliphatic rings. The number of aromatic nitrogens is 8. The van der Waals surface area contributed by atoms with E-state index in [9.17, 15) is 19.8 Å². The highest BCUT2D eigenvalue weighted by atomic mass is 35.5. The number of para-hydroxylation sites is 2. The Kier molecular flexibility index (Phi) is 16.6. The summed E-state index contributed by atoms with van der Waals surface area (Å²) in [7, 11) is 0. The maximum Gasteiger partial charge on any atom is 0.229 e. The standard InChI is InChI=1S/C31H36N6O2.C19H22ClN5O.C11H14N2O/c1-18-5-4-6-19(2)28(18)34-29-27-17-32-31(35-30(27)37(36-29)25-11-13-26(39)14-12-25)33-24-10-9-21-7-8-22(20(3)38)15-23(21)16-24;1-11-4-3-5-12(2)16(11)22-17-15-10-21-19(20)23-18(15)25(24-17)13-6-8-14(26)9-7-13;1-8(14)13-5-4-9-2-3-11(12)6-10(9)7-13/h4-6,9-10,16-17,22,25-26,39H,7-8,11-15H2,1-3H3,(H,34,36)(H,32,33,35);3-5,10,13-14,26H,6-9H2,1-2H3,(H,22,24);2-3,6H,4-5,7,12H2,1H3. The van der Waals surface area contributed by atoms with Gasteiger partial charge in [0.15, 0.2) is 22.9 Å². The number of aryl methyl sites for hydroxylation is 5. The molecule has 17 nitrogen and oxygen atoms in total. The molecule has 0 radical (unpaired) electrons. The molecule has 2 fully saturated rings. The maximum atomic E-state index is 12.0. The topological polar surface area (TPSA) is 227 Å². The summed E-state index contributed by atoms with van der Waals surface area (Å²) >= 11 is 6.05. The van der Waals surface area contributed by atoms with Gasteiger partial charge in [-0.05, 0) is 192 Å². The van der Waals surface area contributed by atoms with E-state index in [1.54, 1.807) is 20.0 Å². The van der Waals surface area contributed by atoms with E-state index in [0.717, 1.165) is 162 Å². The normalized spacial score (nSPS) is 19.8. The minimum absolute atomic E-state index is 0.103. The molecule has 8 aromatic rings. The number of fused-ring (bicyclic) bond motifs is 4. The van der Waals surface area contributed by atoms with Crippen LogP contribution >= 0.6 is 11.6 Å². The summed E-state index contributed by atoms with van der Waals surface area (Å²) < 4.78 is 3.97. The van der Waals surface area contributed by atoms with Gasteiger partial charge in [0.25, 0.3) is 0 Å². The van der Waals surface area contributed by atoms with Crippen LogP contribution in [0.5, 0.6) is 0 Å². The van der Waals surface area contributed by atoms with Crippen LogP contribution in [0.15, 0.2) is 85.2 Å². The number of hydrogen-bond donors (Lipinski definition) is 6. The number of nitrogens with two attached hydrogens (primary N) is 1. The Hall–Kier alpha value is -7.47. The van der Waals surface area contributed by atoms with Crippen molar-refractivity contribution in [3.05, 3.63) is 135 Å². The van der Waals surface area contributed by atoms with Gasteiger partial charge in [-0.3, -0.25) is 9.59 Å². The molecule has 12 rings (SSSR count). The Bertz CT molecular complexity index is 3480. The second-order valence-corrected chi connectivity index (χ2v) is 22.3. The van der Waals surface area contributed by atoms with Crippen molar-refractivity contribution in [1.82, 2.24) is 44.4 Å². The number of nitrogens with one attached hydrogen (secondary N) is 3. The molecule has 0 spiro atoms. The number of hydrogen-bond acceptors (Lipinski definition) is 14. The molecule has 18 heteroatoms. The van der Waals surface area contributed by atoms with Gasteiger partial charge in [0.2, 0.25) is 17.1 Å². The van der Waals surface area contributed by atoms with Crippen LogP contribution in [0.2, 0.25) is 5.28 Å².